The standard InChI is InChI=1S/C30H40N2O5/c1-34-26-15-20-8-11-31(12-9-21(20)16-27(26)35-2)30(33)10-13-32(24-6-5-7-24)19-23-14-22-17-28(36-3)29(37-4)18-25(22)23/h15-18,23-24H,5-14,19H2,1-4H3/t23-/m1/s1. The molecule has 0 aromatic heterocycles. The maximum Gasteiger partial charge on any atom is 0.223 e. The van der Waals surface area contributed by atoms with Crippen LogP contribution in [0.2, 0.25) is 0 Å². The summed E-state index contributed by atoms with van der Waals surface area (Å²) >= 11 is 0. The smallest absolute Gasteiger partial charge is 0.223 e. The Labute approximate surface area is 220 Å². The van der Waals surface area contributed by atoms with Gasteiger partial charge in [-0.15, -0.1) is 0 Å². The summed E-state index contributed by atoms with van der Waals surface area (Å²) in [6, 6.07) is 9.00. The molecule has 2 aliphatic carbocycles. The summed E-state index contributed by atoms with van der Waals surface area (Å²) in [5.74, 6) is 3.86. The molecule has 0 unspecified atom stereocenters. The first kappa shape index (κ1) is 25.7. The van der Waals surface area contributed by atoms with Crippen LogP contribution in [0.4, 0.5) is 0 Å². The van der Waals surface area contributed by atoms with Gasteiger partial charge in [-0.2, -0.15) is 0 Å². The fourth-order valence-corrected chi connectivity index (χ4v) is 6.06. The van der Waals surface area contributed by atoms with E-state index in [9.17, 15) is 4.79 Å². The van der Waals surface area contributed by atoms with Gasteiger partial charge in [-0.05, 0) is 78.6 Å². The lowest BCUT2D eigenvalue weighted by Crippen LogP contribution is -2.46. The molecule has 0 spiro atoms. The van der Waals surface area contributed by atoms with Gasteiger partial charge in [0.1, 0.15) is 0 Å². The second-order valence-electron chi connectivity index (χ2n) is 10.5. The van der Waals surface area contributed by atoms with Gasteiger partial charge in [0.05, 0.1) is 28.4 Å². The molecule has 2 aromatic rings. The molecule has 3 aliphatic rings. The Morgan fingerprint density at radius 2 is 1.38 bits per heavy atom. The van der Waals surface area contributed by atoms with E-state index >= 15 is 0 Å². The van der Waals surface area contributed by atoms with E-state index in [-0.39, 0.29) is 5.91 Å². The highest BCUT2D eigenvalue weighted by atomic mass is 16.5. The van der Waals surface area contributed by atoms with Crippen molar-refractivity contribution in [1.82, 2.24) is 9.80 Å². The third-order valence-electron chi connectivity index (χ3n) is 8.57. The molecule has 7 heteroatoms. The number of fused-ring (bicyclic) bond motifs is 2. The van der Waals surface area contributed by atoms with Crippen molar-refractivity contribution in [3.05, 3.63) is 46.5 Å². The summed E-state index contributed by atoms with van der Waals surface area (Å²) in [6.07, 6.45) is 7.09. The Morgan fingerprint density at radius 1 is 0.838 bits per heavy atom. The van der Waals surface area contributed by atoms with Gasteiger partial charge in [-0.1, -0.05) is 6.42 Å². The zero-order chi connectivity index (χ0) is 25.9. The highest BCUT2D eigenvalue weighted by molar-refractivity contribution is 5.76. The maximum absolute atomic E-state index is 13.3. The quantitative estimate of drug-likeness (QED) is 0.479. The Balaban J connectivity index is 1.19. The van der Waals surface area contributed by atoms with Gasteiger partial charge >= 0.3 is 0 Å². The Bertz CT molecular complexity index is 1090. The number of amides is 1. The van der Waals surface area contributed by atoms with Crippen LogP contribution in [0.1, 0.15) is 53.9 Å². The van der Waals surface area contributed by atoms with Crippen LogP contribution < -0.4 is 18.9 Å². The molecular weight excluding hydrogens is 468 g/mol. The van der Waals surface area contributed by atoms with Crippen molar-refractivity contribution in [3.8, 4) is 23.0 Å². The first-order chi connectivity index (χ1) is 18.0. The number of methoxy groups -OCH3 is 4. The Kier molecular flexibility index (Phi) is 7.79. The van der Waals surface area contributed by atoms with Gasteiger partial charge in [-0.3, -0.25) is 9.69 Å². The molecule has 1 aliphatic heterocycles. The lowest BCUT2D eigenvalue weighted by Gasteiger charge is -2.42. The van der Waals surface area contributed by atoms with E-state index in [4.69, 9.17) is 18.9 Å². The van der Waals surface area contributed by atoms with Gasteiger partial charge in [0.2, 0.25) is 5.91 Å². The first-order valence-electron chi connectivity index (χ1n) is 13.5. The lowest BCUT2D eigenvalue weighted by atomic mass is 9.76. The molecule has 0 radical (unpaired) electrons. The van der Waals surface area contributed by atoms with Crippen molar-refractivity contribution >= 4 is 5.91 Å². The molecule has 1 saturated carbocycles. The Morgan fingerprint density at radius 3 is 1.89 bits per heavy atom. The number of nitrogens with zero attached hydrogens (tertiary/aromatic N) is 2. The topological polar surface area (TPSA) is 60.5 Å². The molecule has 0 N–H and O–H groups in total. The predicted octanol–water partition coefficient (Wildman–Crippen LogP) is 4.23. The maximum atomic E-state index is 13.3. The van der Waals surface area contributed by atoms with E-state index in [2.05, 4.69) is 29.2 Å². The molecule has 37 heavy (non-hydrogen) atoms. The molecule has 1 amide bonds. The molecule has 2 aromatic carbocycles. The van der Waals surface area contributed by atoms with Crippen LogP contribution in [0, 0.1) is 0 Å². The number of rotatable bonds is 10. The first-order valence-corrected chi connectivity index (χ1v) is 13.5. The van der Waals surface area contributed by atoms with Crippen molar-refractivity contribution in [2.75, 3.05) is 54.6 Å². The molecule has 200 valence electrons. The molecule has 5 rings (SSSR count). The van der Waals surface area contributed by atoms with Gasteiger partial charge in [0.25, 0.3) is 0 Å². The number of carbonyl (C=O) groups excluding carboxylic acids is 1. The predicted molar refractivity (Wildman–Crippen MR) is 143 cm³/mol. The number of hydrogen-bond donors (Lipinski definition) is 0. The molecule has 1 fully saturated rings. The van der Waals surface area contributed by atoms with Gasteiger partial charge in [-0.25, -0.2) is 0 Å². The third kappa shape index (κ3) is 5.24. The summed E-state index contributed by atoms with van der Waals surface area (Å²) in [5.41, 5.74) is 5.22. The zero-order valence-electron chi connectivity index (χ0n) is 22.7. The zero-order valence-corrected chi connectivity index (χ0v) is 22.7. The van der Waals surface area contributed by atoms with Crippen molar-refractivity contribution < 1.29 is 23.7 Å². The van der Waals surface area contributed by atoms with Crippen molar-refractivity contribution in [2.45, 2.75) is 56.9 Å². The summed E-state index contributed by atoms with van der Waals surface area (Å²) in [5, 5.41) is 0. The summed E-state index contributed by atoms with van der Waals surface area (Å²) in [4.78, 5) is 17.9. The lowest BCUT2D eigenvalue weighted by molar-refractivity contribution is -0.131. The van der Waals surface area contributed by atoms with Gasteiger partial charge < -0.3 is 23.8 Å². The van der Waals surface area contributed by atoms with Crippen LogP contribution in [0.3, 0.4) is 0 Å². The molecule has 7 nitrogen and oxygen atoms in total. The minimum absolute atomic E-state index is 0.261. The van der Waals surface area contributed by atoms with E-state index in [1.165, 1.54) is 41.5 Å². The van der Waals surface area contributed by atoms with Gasteiger partial charge in [0.15, 0.2) is 23.0 Å². The fraction of sp³-hybridized carbons (Fsp3) is 0.567. The van der Waals surface area contributed by atoms with E-state index in [0.717, 1.165) is 68.4 Å². The van der Waals surface area contributed by atoms with E-state index < -0.39 is 0 Å². The van der Waals surface area contributed by atoms with Crippen LogP contribution >= 0.6 is 0 Å². The SMILES string of the molecule is COc1cc2c(cc1OC)CCN(C(=O)CCN(C[C@H]1Cc3cc(OC)c(OC)cc31)C1CCC1)CC2. The van der Waals surface area contributed by atoms with Gasteiger partial charge in [0, 0.05) is 44.6 Å². The minimum atomic E-state index is 0.261. The average Bonchev–Trinajstić information content (AvgIpc) is 3.09. The normalized spacial score (nSPS) is 18.7. The van der Waals surface area contributed by atoms with Crippen LogP contribution in [0.15, 0.2) is 24.3 Å². The highest BCUT2D eigenvalue weighted by Gasteiger charge is 2.34. The van der Waals surface area contributed by atoms with Crippen LogP contribution in [-0.4, -0.2) is 76.4 Å². The second kappa shape index (κ2) is 11.2. The summed E-state index contributed by atoms with van der Waals surface area (Å²) < 4.78 is 22.0. The third-order valence-corrected chi connectivity index (χ3v) is 8.57. The van der Waals surface area contributed by atoms with Crippen molar-refractivity contribution in [3.63, 3.8) is 0 Å². The molecule has 0 bridgehead atoms. The van der Waals surface area contributed by atoms with E-state index in [0.29, 0.717) is 18.4 Å². The molecular formula is C30H40N2O5. The van der Waals surface area contributed by atoms with Crippen molar-refractivity contribution in [2.24, 2.45) is 0 Å². The number of benzene rings is 2. The molecule has 1 atom stereocenters. The molecule has 0 saturated heterocycles. The second-order valence-corrected chi connectivity index (χ2v) is 10.5. The van der Waals surface area contributed by atoms with E-state index in [1.807, 2.05) is 4.90 Å². The van der Waals surface area contributed by atoms with Crippen LogP contribution in [0.5, 0.6) is 23.0 Å². The minimum Gasteiger partial charge on any atom is -0.493 e. The largest absolute Gasteiger partial charge is 0.493 e. The van der Waals surface area contributed by atoms with Crippen LogP contribution in [-0.2, 0) is 24.1 Å². The molecule has 1 heterocycles. The summed E-state index contributed by atoms with van der Waals surface area (Å²) in [7, 11) is 6.71. The Hall–Kier alpha value is -2.93. The number of carbonyl (C=O) groups is 1. The number of hydrogen-bond acceptors (Lipinski definition) is 6. The van der Waals surface area contributed by atoms with E-state index in [1.54, 1.807) is 28.4 Å². The van der Waals surface area contributed by atoms with Crippen molar-refractivity contribution in [1.29, 1.82) is 0 Å². The number of ether oxygens (including phenoxy) is 4. The monoisotopic (exact) mass is 508 g/mol. The summed E-state index contributed by atoms with van der Waals surface area (Å²) in [6.45, 7) is 3.34. The van der Waals surface area contributed by atoms with Crippen LogP contribution in [0.25, 0.3) is 0 Å². The fourth-order valence-electron chi connectivity index (χ4n) is 6.06. The highest BCUT2D eigenvalue weighted by Crippen LogP contribution is 2.43. The average molecular weight is 509 g/mol.